The first-order chi connectivity index (χ1) is 14.7. The van der Waals surface area contributed by atoms with Crippen LogP contribution < -0.4 is 10.6 Å². The zero-order valence-corrected chi connectivity index (χ0v) is 17.2. The SMILES string of the molecule is N=C(N)c1ccc(N2CC(CSc3cc(CC(=O)O)ccc3CC(=O)O)OC2=O)cc1. The van der Waals surface area contributed by atoms with Gasteiger partial charge in [-0.3, -0.25) is 19.9 Å². The highest BCUT2D eigenvalue weighted by molar-refractivity contribution is 7.99. The number of carboxylic acids is 2. The fraction of sp³-hybridized carbons (Fsp3) is 0.238. The van der Waals surface area contributed by atoms with Gasteiger partial charge in [0.15, 0.2) is 0 Å². The van der Waals surface area contributed by atoms with Crippen LogP contribution in [0.25, 0.3) is 0 Å². The van der Waals surface area contributed by atoms with Crippen LogP contribution in [0.1, 0.15) is 16.7 Å². The van der Waals surface area contributed by atoms with Crippen molar-refractivity contribution in [3.63, 3.8) is 0 Å². The lowest BCUT2D eigenvalue weighted by Crippen LogP contribution is -2.25. The molecule has 1 heterocycles. The third-order valence-corrected chi connectivity index (χ3v) is 5.85. The molecule has 10 heteroatoms. The number of nitrogens with zero attached hydrogens (tertiary/aromatic N) is 1. The molecule has 1 aliphatic rings. The maximum atomic E-state index is 12.3. The number of benzene rings is 2. The van der Waals surface area contributed by atoms with E-state index >= 15 is 0 Å². The molecule has 1 aliphatic heterocycles. The van der Waals surface area contributed by atoms with Gasteiger partial charge in [0.25, 0.3) is 0 Å². The number of ether oxygens (including phenoxy) is 1. The Labute approximate surface area is 182 Å². The molecule has 0 aliphatic carbocycles. The molecule has 0 aromatic heterocycles. The van der Waals surface area contributed by atoms with Gasteiger partial charge in [0.05, 0.1) is 19.4 Å². The molecule has 5 N–H and O–H groups in total. The van der Waals surface area contributed by atoms with Gasteiger partial charge in [0.1, 0.15) is 11.9 Å². The minimum atomic E-state index is -0.986. The zero-order chi connectivity index (χ0) is 22.5. The number of anilines is 1. The van der Waals surface area contributed by atoms with Crippen LogP contribution in [0.15, 0.2) is 47.4 Å². The molecule has 1 unspecified atom stereocenters. The summed E-state index contributed by atoms with van der Waals surface area (Å²) < 4.78 is 5.43. The van der Waals surface area contributed by atoms with Crippen molar-refractivity contribution < 1.29 is 29.3 Å². The molecule has 1 amide bonds. The average Bonchev–Trinajstić information content (AvgIpc) is 3.08. The Balaban J connectivity index is 1.69. The summed E-state index contributed by atoms with van der Waals surface area (Å²) in [6.45, 7) is 0.314. The molecule has 0 spiro atoms. The second-order valence-electron chi connectivity index (χ2n) is 6.97. The second kappa shape index (κ2) is 9.52. The summed E-state index contributed by atoms with van der Waals surface area (Å²) in [6, 6.07) is 11.6. The number of cyclic esters (lactones) is 1. The fourth-order valence-corrected chi connectivity index (χ4v) is 4.25. The zero-order valence-electron chi connectivity index (χ0n) is 16.4. The Hall–Kier alpha value is -3.53. The van der Waals surface area contributed by atoms with E-state index in [1.54, 1.807) is 42.5 Å². The highest BCUT2D eigenvalue weighted by atomic mass is 32.2. The maximum absolute atomic E-state index is 12.3. The lowest BCUT2D eigenvalue weighted by atomic mass is 10.1. The van der Waals surface area contributed by atoms with Crippen LogP contribution in [0.4, 0.5) is 10.5 Å². The first-order valence-electron chi connectivity index (χ1n) is 9.33. The number of hydrogen-bond acceptors (Lipinski definition) is 6. The standard InChI is InChI=1S/C21H21N3O6S/c22-20(23)13-3-5-15(6-4-13)24-10-16(30-21(24)29)11-31-17-7-12(8-18(25)26)1-2-14(17)9-19(27)28/h1-7,16H,8-11H2,(H3,22,23)(H,25,26)(H,27,28). The molecule has 162 valence electrons. The number of rotatable bonds is 9. The van der Waals surface area contributed by atoms with Gasteiger partial charge in [-0.15, -0.1) is 11.8 Å². The quantitative estimate of drug-likeness (QED) is 0.262. The topological polar surface area (TPSA) is 154 Å². The monoisotopic (exact) mass is 443 g/mol. The summed E-state index contributed by atoms with van der Waals surface area (Å²) in [7, 11) is 0. The molecule has 1 atom stereocenters. The van der Waals surface area contributed by atoms with Crippen molar-refractivity contribution in [1.29, 1.82) is 5.41 Å². The summed E-state index contributed by atoms with van der Waals surface area (Å²) in [5.41, 5.74) is 7.77. The smallest absolute Gasteiger partial charge is 0.414 e. The Morgan fingerprint density at radius 1 is 1.13 bits per heavy atom. The molecule has 3 rings (SSSR count). The third kappa shape index (κ3) is 5.76. The highest BCUT2D eigenvalue weighted by Gasteiger charge is 2.32. The molecule has 1 fully saturated rings. The van der Waals surface area contributed by atoms with Crippen LogP contribution in [-0.2, 0) is 27.2 Å². The Morgan fingerprint density at radius 2 is 1.81 bits per heavy atom. The van der Waals surface area contributed by atoms with E-state index in [0.29, 0.717) is 39.6 Å². The number of nitrogen functional groups attached to an aromatic ring is 1. The number of nitrogens with two attached hydrogens (primary N) is 1. The van der Waals surface area contributed by atoms with Crippen LogP contribution in [0.2, 0.25) is 0 Å². The minimum Gasteiger partial charge on any atom is -0.481 e. The summed E-state index contributed by atoms with van der Waals surface area (Å²) in [5, 5.41) is 25.6. The van der Waals surface area contributed by atoms with E-state index in [1.807, 2.05) is 0 Å². The average molecular weight is 443 g/mol. The predicted molar refractivity (Wildman–Crippen MR) is 115 cm³/mol. The van der Waals surface area contributed by atoms with Gasteiger partial charge < -0.3 is 20.7 Å². The van der Waals surface area contributed by atoms with Gasteiger partial charge in [-0.1, -0.05) is 12.1 Å². The van der Waals surface area contributed by atoms with E-state index in [9.17, 15) is 14.4 Å². The molecule has 0 radical (unpaired) electrons. The summed E-state index contributed by atoms with van der Waals surface area (Å²) in [5.74, 6) is -1.64. The number of nitrogens with one attached hydrogen (secondary N) is 1. The van der Waals surface area contributed by atoms with E-state index in [0.717, 1.165) is 0 Å². The van der Waals surface area contributed by atoms with Gasteiger partial charge >= 0.3 is 18.0 Å². The van der Waals surface area contributed by atoms with Crippen molar-refractivity contribution in [2.24, 2.45) is 5.73 Å². The van der Waals surface area contributed by atoms with Crippen molar-refractivity contribution >= 4 is 41.3 Å². The fourth-order valence-electron chi connectivity index (χ4n) is 3.15. The number of aliphatic carboxylic acids is 2. The number of carbonyl (C=O) groups excluding carboxylic acids is 1. The molecule has 31 heavy (non-hydrogen) atoms. The van der Waals surface area contributed by atoms with Gasteiger partial charge in [-0.2, -0.15) is 0 Å². The van der Waals surface area contributed by atoms with Crippen molar-refractivity contribution in [3.05, 3.63) is 59.2 Å². The summed E-state index contributed by atoms with van der Waals surface area (Å²) in [6.07, 6.45) is -1.27. The van der Waals surface area contributed by atoms with Gasteiger partial charge in [0.2, 0.25) is 0 Å². The normalized spacial score (nSPS) is 15.5. The second-order valence-corrected chi connectivity index (χ2v) is 8.03. The molecule has 1 saturated heterocycles. The minimum absolute atomic E-state index is 0.0629. The number of carbonyl (C=O) groups is 3. The highest BCUT2D eigenvalue weighted by Crippen LogP contribution is 2.29. The van der Waals surface area contributed by atoms with E-state index < -0.39 is 24.1 Å². The molecule has 9 nitrogen and oxygen atoms in total. The number of hydrogen-bond donors (Lipinski definition) is 4. The Morgan fingerprint density at radius 3 is 2.42 bits per heavy atom. The first kappa shape index (κ1) is 22.2. The molecular formula is C21H21N3O6S. The summed E-state index contributed by atoms with van der Waals surface area (Å²) in [4.78, 5) is 36.6. The van der Waals surface area contributed by atoms with Gasteiger partial charge in [0, 0.05) is 21.9 Å². The van der Waals surface area contributed by atoms with Crippen LogP contribution in [-0.4, -0.2) is 52.5 Å². The van der Waals surface area contributed by atoms with Gasteiger partial charge in [-0.05, 0) is 41.5 Å². The number of thioether (sulfide) groups is 1. The van der Waals surface area contributed by atoms with Crippen LogP contribution in [0.5, 0.6) is 0 Å². The summed E-state index contributed by atoms with van der Waals surface area (Å²) >= 11 is 1.33. The third-order valence-electron chi connectivity index (χ3n) is 4.62. The molecule has 2 aromatic carbocycles. The van der Waals surface area contributed by atoms with Crippen LogP contribution >= 0.6 is 11.8 Å². The lowest BCUT2D eigenvalue weighted by molar-refractivity contribution is -0.137. The van der Waals surface area contributed by atoms with Crippen molar-refractivity contribution in [2.45, 2.75) is 23.8 Å². The lowest BCUT2D eigenvalue weighted by Gasteiger charge is -2.14. The molecular weight excluding hydrogens is 422 g/mol. The van der Waals surface area contributed by atoms with Crippen molar-refractivity contribution in [1.82, 2.24) is 0 Å². The largest absolute Gasteiger partial charge is 0.481 e. The number of carboxylic acid groups (broad SMARTS) is 2. The van der Waals surface area contributed by atoms with Gasteiger partial charge in [-0.25, -0.2) is 4.79 Å². The molecule has 2 aromatic rings. The number of amides is 1. The van der Waals surface area contributed by atoms with E-state index in [1.165, 1.54) is 16.7 Å². The number of amidine groups is 1. The predicted octanol–water partition coefficient (Wildman–Crippen LogP) is 2.34. The van der Waals surface area contributed by atoms with E-state index in [4.69, 9.17) is 26.1 Å². The van der Waals surface area contributed by atoms with E-state index in [2.05, 4.69) is 0 Å². The van der Waals surface area contributed by atoms with Crippen LogP contribution in [0.3, 0.4) is 0 Å². The van der Waals surface area contributed by atoms with Crippen LogP contribution in [0, 0.1) is 5.41 Å². The van der Waals surface area contributed by atoms with E-state index in [-0.39, 0.29) is 18.7 Å². The first-order valence-corrected chi connectivity index (χ1v) is 10.3. The molecule has 0 saturated carbocycles. The molecule has 0 bridgehead atoms. The maximum Gasteiger partial charge on any atom is 0.414 e. The van der Waals surface area contributed by atoms with Crippen molar-refractivity contribution in [3.8, 4) is 0 Å². The Bertz CT molecular complexity index is 1020. The van der Waals surface area contributed by atoms with Crippen molar-refractivity contribution in [2.75, 3.05) is 17.2 Å². The Kier molecular flexibility index (Phi) is 6.81.